The maximum absolute atomic E-state index is 13.2. The zero-order valence-electron chi connectivity index (χ0n) is 15.0. The number of carbonyl (C=O) groups excluding carboxylic acids is 1. The highest BCUT2D eigenvalue weighted by Crippen LogP contribution is 2.26. The first-order valence-electron chi connectivity index (χ1n) is 9.04. The number of methoxy groups -OCH3 is 1. The van der Waals surface area contributed by atoms with Gasteiger partial charge in [0.15, 0.2) is 6.04 Å². The van der Waals surface area contributed by atoms with E-state index in [1.165, 1.54) is 24.2 Å². The molecular weight excluding hydrogens is 312 g/mol. The Kier molecular flexibility index (Phi) is 5.71. The highest BCUT2D eigenvalue weighted by Gasteiger charge is 2.32. The molecular formula is C21H27N2O2+. The lowest BCUT2D eigenvalue weighted by Crippen LogP contribution is -3.14. The van der Waals surface area contributed by atoms with Crippen molar-refractivity contribution in [1.82, 2.24) is 0 Å². The van der Waals surface area contributed by atoms with Crippen molar-refractivity contribution in [2.75, 3.05) is 25.5 Å². The molecule has 0 radical (unpaired) electrons. The molecule has 25 heavy (non-hydrogen) atoms. The molecule has 132 valence electrons. The summed E-state index contributed by atoms with van der Waals surface area (Å²) < 4.78 is 5.41. The second kappa shape index (κ2) is 8.17. The first-order valence-corrected chi connectivity index (χ1v) is 9.04. The number of anilines is 1. The van der Waals surface area contributed by atoms with E-state index in [2.05, 4.69) is 17.4 Å². The number of nitrogens with one attached hydrogen (secondary N) is 2. The van der Waals surface area contributed by atoms with Gasteiger partial charge in [0.2, 0.25) is 0 Å². The van der Waals surface area contributed by atoms with Gasteiger partial charge < -0.3 is 15.0 Å². The molecule has 1 amide bonds. The van der Waals surface area contributed by atoms with Crippen LogP contribution < -0.4 is 15.0 Å². The summed E-state index contributed by atoms with van der Waals surface area (Å²) in [6.07, 6.45) is 3.62. The molecule has 0 aliphatic carbocycles. The second-order valence-electron chi connectivity index (χ2n) is 6.76. The quantitative estimate of drug-likeness (QED) is 0.880. The van der Waals surface area contributed by atoms with Crippen LogP contribution in [0.4, 0.5) is 5.69 Å². The number of piperidine rings is 1. The Morgan fingerprint density at radius 1 is 1.08 bits per heavy atom. The number of quaternary nitrogens is 1. The third-order valence-corrected chi connectivity index (χ3v) is 4.91. The molecule has 1 fully saturated rings. The van der Waals surface area contributed by atoms with Crippen molar-refractivity contribution < 1.29 is 14.4 Å². The molecule has 3 rings (SSSR count). The molecule has 0 saturated carbocycles. The van der Waals surface area contributed by atoms with Crippen LogP contribution in [0.15, 0.2) is 48.5 Å². The van der Waals surface area contributed by atoms with Gasteiger partial charge in [0, 0.05) is 5.56 Å². The van der Waals surface area contributed by atoms with E-state index < -0.39 is 0 Å². The lowest BCUT2D eigenvalue weighted by atomic mass is 10.0. The van der Waals surface area contributed by atoms with Crippen LogP contribution >= 0.6 is 0 Å². The van der Waals surface area contributed by atoms with Crippen molar-refractivity contribution in [1.29, 1.82) is 0 Å². The summed E-state index contributed by atoms with van der Waals surface area (Å²) >= 11 is 0. The molecule has 1 saturated heterocycles. The molecule has 1 aliphatic heterocycles. The maximum atomic E-state index is 13.2. The predicted octanol–water partition coefficient (Wildman–Crippen LogP) is 2.75. The van der Waals surface area contributed by atoms with Gasteiger partial charge in [-0.05, 0) is 43.9 Å². The fraction of sp³-hybridized carbons (Fsp3) is 0.381. The monoisotopic (exact) mass is 339 g/mol. The molecule has 1 atom stereocenters. The van der Waals surface area contributed by atoms with Gasteiger partial charge >= 0.3 is 0 Å². The smallest absolute Gasteiger partial charge is 0.287 e. The van der Waals surface area contributed by atoms with Crippen molar-refractivity contribution in [2.45, 2.75) is 32.2 Å². The SMILES string of the molecule is COc1ccc(C)cc1NC(=O)[C@@H](c1ccccc1)[NH+]1CCCCC1. The molecule has 0 aromatic heterocycles. The van der Waals surface area contributed by atoms with E-state index >= 15 is 0 Å². The Balaban J connectivity index is 1.88. The summed E-state index contributed by atoms with van der Waals surface area (Å²) in [5, 5.41) is 3.11. The number of ether oxygens (including phenoxy) is 1. The Hall–Kier alpha value is -2.33. The summed E-state index contributed by atoms with van der Waals surface area (Å²) in [5.74, 6) is 0.728. The standard InChI is InChI=1S/C21H26N2O2/c1-16-11-12-19(25-2)18(15-16)22-21(24)20(17-9-5-3-6-10-17)23-13-7-4-8-14-23/h3,5-6,9-12,15,20H,4,7-8,13-14H2,1-2H3,(H,22,24)/p+1/t20-/m1/s1. The van der Waals surface area contributed by atoms with Crippen LogP contribution in [0.3, 0.4) is 0 Å². The molecule has 0 unspecified atom stereocenters. The number of amides is 1. The van der Waals surface area contributed by atoms with E-state index in [4.69, 9.17) is 4.74 Å². The molecule has 2 N–H and O–H groups in total. The molecule has 0 spiro atoms. The molecule has 4 heteroatoms. The predicted molar refractivity (Wildman–Crippen MR) is 100 cm³/mol. The number of hydrogen-bond acceptors (Lipinski definition) is 2. The van der Waals surface area contributed by atoms with Gasteiger partial charge in [0.25, 0.3) is 5.91 Å². The number of benzene rings is 2. The van der Waals surface area contributed by atoms with E-state index in [-0.39, 0.29) is 11.9 Å². The van der Waals surface area contributed by atoms with Gasteiger partial charge in [0.1, 0.15) is 5.75 Å². The molecule has 0 bridgehead atoms. The van der Waals surface area contributed by atoms with E-state index in [1.54, 1.807) is 7.11 Å². The first-order chi connectivity index (χ1) is 12.2. The fourth-order valence-electron chi connectivity index (χ4n) is 3.64. The number of likely N-dealkylation sites (tertiary alicyclic amines) is 1. The van der Waals surface area contributed by atoms with Crippen molar-refractivity contribution >= 4 is 11.6 Å². The number of hydrogen-bond donors (Lipinski definition) is 2. The van der Waals surface area contributed by atoms with E-state index in [0.29, 0.717) is 5.75 Å². The van der Waals surface area contributed by atoms with Crippen LogP contribution in [-0.4, -0.2) is 26.1 Å². The van der Waals surface area contributed by atoms with E-state index in [0.717, 1.165) is 29.9 Å². The van der Waals surface area contributed by atoms with Crippen molar-refractivity contribution in [3.63, 3.8) is 0 Å². The average molecular weight is 339 g/mol. The summed E-state index contributed by atoms with van der Waals surface area (Å²) in [5.41, 5.74) is 2.91. The van der Waals surface area contributed by atoms with Gasteiger partial charge in [-0.15, -0.1) is 0 Å². The van der Waals surface area contributed by atoms with Crippen molar-refractivity contribution in [3.05, 3.63) is 59.7 Å². The largest absolute Gasteiger partial charge is 0.495 e. The zero-order valence-corrected chi connectivity index (χ0v) is 15.0. The lowest BCUT2D eigenvalue weighted by molar-refractivity contribution is -0.926. The van der Waals surface area contributed by atoms with Crippen LogP contribution in [0.1, 0.15) is 36.4 Å². The first kappa shape index (κ1) is 17.5. The van der Waals surface area contributed by atoms with Crippen molar-refractivity contribution in [2.24, 2.45) is 0 Å². The fourth-order valence-corrected chi connectivity index (χ4v) is 3.64. The molecule has 4 nitrogen and oxygen atoms in total. The second-order valence-corrected chi connectivity index (χ2v) is 6.76. The van der Waals surface area contributed by atoms with Crippen LogP contribution in [0.25, 0.3) is 0 Å². The topological polar surface area (TPSA) is 42.8 Å². The minimum atomic E-state index is -0.188. The van der Waals surface area contributed by atoms with E-state index in [9.17, 15) is 4.79 Å². The number of aryl methyl sites for hydroxylation is 1. The third-order valence-electron chi connectivity index (χ3n) is 4.91. The zero-order chi connectivity index (χ0) is 17.6. The highest BCUT2D eigenvalue weighted by molar-refractivity contribution is 5.96. The Morgan fingerprint density at radius 2 is 1.80 bits per heavy atom. The minimum Gasteiger partial charge on any atom is -0.495 e. The molecule has 1 aliphatic rings. The highest BCUT2D eigenvalue weighted by atomic mass is 16.5. The normalized spacial score (nSPS) is 16.2. The number of rotatable bonds is 5. The van der Waals surface area contributed by atoms with Gasteiger partial charge in [-0.3, -0.25) is 4.79 Å². The van der Waals surface area contributed by atoms with Gasteiger partial charge in [-0.2, -0.15) is 0 Å². The minimum absolute atomic E-state index is 0.0343. The Labute approximate surface area is 149 Å². The van der Waals surface area contributed by atoms with Crippen LogP contribution in [0.5, 0.6) is 5.75 Å². The summed E-state index contributed by atoms with van der Waals surface area (Å²) in [4.78, 5) is 14.6. The molecule has 2 aromatic rings. The van der Waals surface area contributed by atoms with Gasteiger partial charge in [0.05, 0.1) is 25.9 Å². The Bertz CT molecular complexity index is 709. The third kappa shape index (κ3) is 4.20. The average Bonchev–Trinajstić information content (AvgIpc) is 2.64. The summed E-state index contributed by atoms with van der Waals surface area (Å²) in [7, 11) is 1.63. The summed E-state index contributed by atoms with van der Waals surface area (Å²) in [6, 6.07) is 15.8. The lowest BCUT2D eigenvalue weighted by Gasteiger charge is -2.31. The van der Waals surface area contributed by atoms with Gasteiger partial charge in [-0.25, -0.2) is 0 Å². The van der Waals surface area contributed by atoms with Crippen molar-refractivity contribution in [3.8, 4) is 5.75 Å². The van der Waals surface area contributed by atoms with E-state index in [1.807, 2.05) is 43.3 Å². The number of carbonyl (C=O) groups is 1. The van der Waals surface area contributed by atoms with Crippen LogP contribution in [0, 0.1) is 6.92 Å². The van der Waals surface area contributed by atoms with Gasteiger partial charge in [-0.1, -0.05) is 36.4 Å². The maximum Gasteiger partial charge on any atom is 0.287 e. The summed E-state index contributed by atoms with van der Waals surface area (Å²) in [6.45, 7) is 4.09. The Morgan fingerprint density at radius 3 is 2.48 bits per heavy atom. The molecule has 2 aromatic carbocycles. The molecule has 1 heterocycles. The van der Waals surface area contributed by atoms with Crippen LogP contribution in [0.2, 0.25) is 0 Å². The van der Waals surface area contributed by atoms with Crippen LogP contribution in [-0.2, 0) is 4.79 Å².